The van der Waals surface area contributed by atoms with Crippen LogP contribution in [-0.4, -0.2) is 41.6 Å². The summed E-state index contributed by atoms with van der Waals surface area (Å²) in [4.78, 5) is 35.7. The summed E-state index contributed by atoms with van der Waals surface area (Å²) in [6.07, 6.45) is 1.56. The Kier molecular flexibility index (Phi) is 6.41. The Labute approximate surface area is 181 Å². The van der Waals surface area contributed by atoms with Crippen LogP contribution in [0.25, 0.3) is 6.08 Å². The molecule has 1 saturated heterocycles. The molecule has 9 heteroatoms. The van der Waals surface area contributed by atoms with E-state index in [2.05, 4.69) is 21.2 Å². The number of halogens is 1. The summed E-state index contributed by atoms with van der Waals surface area (Å²) < 4.78 is 12.2. The highest BCUT2D eigenvalue weighted by Crippen LogP contribution is 2.38. The smallest absolute Gasteiger partial charge is 0.335 e. The van der Waals surface area contributed by atoms with Crippen LogP contribution in [0.1, 0.15) is 28.4 Å². The molecule has 0 atom stereocenters. The Bertz CT molecular complexity index is 1030. The van der Waals surface area contributed by atoms with E-state index in [1.54, 1.807) is 30.3 Å². The fraction of sp³-hybridized carbons (Fsp3) is 0.190. The Hall–Kier alpha value is -3.33. The van der Waals surface area contributed by atoms with Crippen molar-refractivity contribution >= 4 is 39.9 Å². The lowest BCUT2D eigenvalue weighted by molar-refractivity contribution is -0.121. The molecule has 156 valence electrons. The minimum atomic E-state index is -0.989. The lowest BCUT2D eigenvalue weighted by Gasteiger charge is -2.15. The zero-order valence-corrected chi connectivity index (χ0v) is 17.9. The maximum absolute atomic E-state index is 12.1. The number of imide groups is 1. The van der Waals surface area contributed by atoms with E-state index in [0.29, 0.717) is 28.1 Å². The first-order chi connectivity index (χ1) is 14.3. The van der Waals surface area contributed by atoms with Crippen LogP contribution >= 0.6 is 15.9 Å². The van der Waals surface area contributed by atoms with E-state index in [-0.39, 0.29) is 17.9 Å². The van der Waals surface area contributed by atoms with E-state index in [1.807, 2.05) is 6.92 Å². The first-order valence-corrected chi connectivity index (χ1v) is 9.81. The van der Waals surface area contributed by atoms with Crippen molar-refractivity contribution in [1.82, 2.24) is 10.2 Å². The number of carbonyl (C=O) groups excluding carboxylic acids is 2. The summed E-state index contributed by atoms with van der Waals surface area (Å²) in [5, 5.41) is 11.5. The number of nitrogens with zero attached hydrogens (tertiary/aromatic N) is 1. The lowest BCUT2D eigenvalue weighted by Crippen LogP contribution is -2.25. The van der Waals surface area contributed by atoms with Gasteiger partial charge < -0.3 is 19.9 Å². The number of rotatable bonds is 7. The molecule has 1 heterocycles. The predicted octanol–water partition coefficient (Wildman–Crippen LogP) is 3.65. The van der Waals surface area contributed by atoms with Crippen molar-refractivity contribution in [3.63, 3.8) is 0 Å². The third-order valence-corrected chi connectivity index (χ3v) is 4.90. The van der Waals surface area contributed by atoms with E-state index in [1.165, 1.54) is 19.2 Å². The topological polar surface area (TPSA) is 105 Å². The van der Waals surface area contributed by atoms with Gasteiger partial charge in [-0.2, -0.15) is 0 Å². The van der Waals surface area contributed by atoms with Gasteiger partial charge in [-0.05, 0) is 64.3 Å². The third kappa shape index (κ3) is 4.62. The number of likely N-dealkylation sites (N-methyl/N-ethyl adjacent to an activating group) is 1. The predicted molar refractivity (Wildman–Crippen MR) is 112 cm³/mol. The van der Waals surface area contributed by atoms with Gasteiger partial charge in [-0.25, -0.2) is 9.59 Å². The molecule has 0 spiro atoms. The first kappa shape index (κ1) is 21.4. The van der Waals surface area contributed by atoms with E-state index in [4.69, 9.17) is 14.6 Å². The molecular formula is C21H19BrN2O6. The third-order valence-electron chi connectivity index (χ3n) is 4.31. The SMILES string of the molecule is CCOc1cc(/C=C2/NC(=O)N(C)C2=O)cc(Br)c1OCc1ccc(C(=O)O)cc1. The van der Waals surface area contributed by atoms with Crippen molar-refractivity contribution in [1.29, 1.82) is 0 Å². The first-order valence-electron chi connectivity index (χ1n) is 9.02. The standard InChI is InChI=1S/C21H19BrN2O6/c1-3-29-17-10-13(9-16-19(25)24(2)21(28)23-16)8-15(22)18(17)30-11-12-4-6-14(7-5-12)20(26)27/h4-10H,3,11H2,1-2H3,(H,23,28)(H,26,27)/b16-9+. The average molecular weight is 475 g/mol. The van der Waals surface area contributed by atoms with Gasteiger partial charge in [-0.15, -0.1) is 0 Å². The summed E-state index contributed by atoms with van der Waals surface area (Å²) in [5.74, 6) is -0.470. The molecule has 0 aliphatic carbocycles. The maximum Gasteiger partial charge on any atom is 0.335 e. The largest absolute Gasteiger partial charge is 0.490 e. The van der Waals surface area contributed by atoms with Crippen molar-refractivity contribution in [2.75, 3.05) is 13.7 Å². The second-order valence-electron chi connectivity index (χ2n) is 6.41. The Morgan fingerprint density at radius 1 is 1.20 bits per heavy atom. The number of hydrogen-bond donors (Lipinski definition) is 2. The highest BCUT2D eigenvalue weighted by molar-refractivity contribution is 9.10. The molecule has 8 nitrogen and oxygen atoms in total. The molecule has 3 rings (SSSR count). The van der Waals surface area contributed by atoms with Crippen LogP contribution < -0.4 is 14.8 Å². The fourth-order valence-electron chi connectivity index (χ4n) is 2.76. The number of carboxylic acids is 1. The molecule has 3 amide bonds. The summed E-state index contributed by atoms with van der Waals surface area (Å²) >= 11 is 3.47. The number of urea groups is 1. The van der Waals surface area contributed by atoms with Crippen molar-refractivity contribution in [3.8, 4) is 11.5 Å². The van der Waals surface area contributed by atoms with Gasteiger partial charge >= 0.3 is 12.0 Å². The summed E-state index contributed by atoms with van der Waals surface area (Å²) in [6.45, 7) is 2.44. The average Bonchev–Trinajstić information content (AvgIpc) is 2.94. The van der Waals surface area contributed by atoms with Gasteiger partial charge in [0.05, 0.1) is 16.6 Å². The fourth-order valence-corrected chi connectivity index (χ4v) is 3.34. The van der Waals surface area contributed by atoms with Gasteiger partial charge in [-0.3, -0.25) is 9.69 Å². The van der Waals surface area contributed by atoms with Crippen LogP contribution in [0.15, 0.2) is 46.6 Å². The van der Waals surface area contributed by atoms with Gasteiger partial charge in [0.1, 0.15) is 12.3 Å². The second-order valence-corrected chi connectivity index (χ2v) is 7.26. The minimum absolute atomic E-state index is 0.170. The van der Waals surface area contributed by atoms with Gasteiger partial charge in [0.2, 0.25) is 0 Å². The molecular weight excluding hydrogens is 456 g/mol. The van der Waals surface area contributed by atoms with Crippen LogP contribution in [0.3, 0.4) is 0 Å². The number of carbonyl (C=O) groups is 3. The van der Waals surface area contributed by atoms with Crippen LogP contribution in [0, 0.1) is 0 Å². The zero-order chi connectivity index (χ0) is 21.8. The van der Waals surface area contributed by atoms with Gasteiger partial charge in [0, 0.05) is 7.05 Å². The van der Waals surface area contributed by atoms with E-state index in [0.717, 1.165) is 10.5 Å². The monoisotopic (exact) mass is 474 g/mol. The molecule has 1 fully saturated rings. The van der Waals surface area contributed by atoms with Crippen LogP contribution in [0.2, 0.25) is 0 Å². The highest BCUT2D eigenvalue weighted by atomic mass is 79.9. The van der Waals surface area contributed by atoms with Crippen molar-refractivity contribution in [2.45, 2.75) is 13.5 Å². The molecule has 30 heavy (non-hydrogen) atoms. The van der Waals surface area contributed by atoms with Crippen LogP contribution in [0.5, 0.6) is 11.5 Å². The molecule has 1 aliphatic rings. The number of benzene rings is 2. The normalized spacial score (nSPS) is 14.8. The van der Waals surface area contributed by atoms with Gasteiger partial charge in [-0.1, -0.05) is 12.1 Å². The summed E-state index contributed by atoms with van der Waals surface area (Å²) in [7, 11) is 1.40. The van der Waals surface area contributed by atoms with Crippen LogP contribution in [-0.2, 0) is 11.4 Å². The zero-order valence-electron chi connectivity index (χ0n) is 16.3. The lowest BCUT2D eigenvalue weighted by atomic mass is 10.1. The molecule has 0 bridgehead atoms. The molecule has 0 radical (unpaired) electrons. The van der Waals surface area contributed by atoms with E-state index in [9.17, 15) is 14.4 Å². The van der Waals surface area contributed by atoms with Crippen LogP contribution in [0.4, 0.5) is 4.79 Å². The Morgan fingerprint density at radius 2 is 1.90 bits per heavy atom. The highest BCUT2D eigenvalue weighted by Gasteiger charge is 2.30. The number of hydrogen-bond acceptors (Lipinski definition) is 5. The van der Waals surface area contributed by atoms with E-state index < -0.39 is 17.9 Å². The number of carboxylic acid groups (broad SMARTS) is 1. The quantitative estimate of drug-likeness (QED) is 0.468. The number of amides is 3. The molecule has 0 saturated carbocycles. The summed E-state index contributed by atoms with van der Waals surface area (Å²) in [5.41, 5.74) is 1.81. The van der Waals surface area contributed by atoms with Gasteiger partial charge in [0.15, 0.2) is 11.5 Å². The molecule has 1 aliphatic heterocycles. The van der Waals surface area contributed by atoms with E-state index >= 15 is 0 Å². The molecule has 0 unspecified atom stereocenters. The molecule has 2 aromatic carbocycles. The molecule has 2 aromatic rings. The van der Waals surface area contributed by atoms with Crippen molar-refractivity contribution in [2.24, 2.45) is 0 Å². The second kappa shape index (κ2) is 9.00. The van der Waals surface area contributed by atoms with Crippen molar-refractivity contribution in [3.05, 3.63) is 63.3 Å². The number of aromatic carboxylic acids is 1. The molecule has 0 aromatic heterocycles. The maximum atomic E-state index is 12.1. The van der Waals surface area contributed by atoms with Gasteiger partial charge in [0.25, 0.3) is 5.91 Å². The Morgan fingerprint density at radius 3 is 2.47 bits per heavy atom. The number of nitrogens with one attached hydrogen (secondary N) is 1. The Balaban J connectivity index is 1.84. The van der Waals surface area contributed by atoms with Crippen molar-refractivity contribution < 1.29 is 29.0 Å². The number of ether oxygens (including phenoxy) is 2. The summed E-state index contributed by atoms with van der Waals surface area (Å²) in [6, 6.07) is 9.36. The minimum Gasteiger partial charge on any atom is -0.490 e. The molecule has 2 N–H and O–H groups in total.